The maximum atomic E-state index is 11.9. The number of piperazine rings is 1. The first-order valence-corrected chi connectivity index (χ1v) is 6.48. The van der Waals surface area contributed by atoms with Crippen molar-refractivity contribution in [3.63, 3.8) is 0 Å². The highest BCUT2D eigenvalue weighted by molar-refractivity contribution is 7.14. The fraction of sp³-hybridized carbons (Fsp3) is 0.545. The summed E-state index contributed by atoms with van der Waals surface area (Å²) in [6.07, 6.45) is 0. The lowest BCUT2D eigenvalue weighted by Gasteiger charge is -2.32. The number of anilines is 1. The molecule has 1 fully saturated rings. The molecule has 1 aromatic heterocycles. The van der Waals surface area contributed by atoms with Gasteiger partial charge in [-0.2, -0.15) is 0 Å². The summed E-state index contributed by atoms with van der Waals surface area (Å²) >= 11 is 1.44. The lowest BCUT2D eigenvalue weighted by atomic mass is 10.3. The van der Waals surface area contributed by atoms with Gasteiger partial charge >= 0.3 is 0 Å². The number of likely N-dealkylation sites (N-methyl/N-ethyl adjacent to an activating group) is 1. The second-order valence-corrected chi connectivity index (χ2v) is 5.61. The van der Waals surface area contributed by atoms with Crippen LogP contribution in [0.3, 0.4) is 0 Å². The van der Waals surface area contributed by atoms with Gasteiger partial charge in [-0.1, -0.05) is 0 Å². The molecule has 17 heavy (non-hydrogen) atoms. The molecule has 6 heteroatoms. The van der Waals surface area contributed by atoms with Crippen LogP contribution in [-0.2, 0) is 0 Å². The molecule has 1 amide bonds. The van der Waals surface area contributed by atoms with E-state index in [4.69, 9.17) is 5.73 Å². The molecule has 0 aliphatic carbocycles. The molecule has 0 spiro atoms. The number of nitrogens with zero attached hydrogens (tertiary/aromatic N) is 2. The number of hydrogen-bond donors (Lipinski definition) is 2. The Morgan fingerprint density at radius 3 is 2.59 bits per heavy atom. The van der Waals surface area contributed by atoms with Gasteiger partial charge in [-0.25, -0.2) is 5.01 Å². The molecule has 1 aliphatic rings. The normalized spacial score (nSPS) is 18.2. The number of aryl methyl sites for hydroxylation is 1. The Balaban J connectivity index is 1.93. The predicted octanol–water partition coefficient (Wildman–Crippen LogP) is 0.531. The Hall–Kier alpha value is -1.11. The second-order valence-electron chi connectivity index (χ2n) is 4.35. The van der Waals surface area contributed by atoms with Crippen LogP contribution in [0.25, 0.3) is 0 Å². The van der Waals surface area contributed by atoms with Crippen LogP contribution in [0.15, 0.2) is 6.07 Å². The molecule has 0 unspecified atom stereocenters. The zero-order valence-electron chi connectivity index (χ0n) is 10.2. The Labute approximate surface area is 105 Å². The van der Waals surface area contributed by atoms with Crippen molar-refractivity contribution in [1.29, 1.82) is 0 Å². The van der Waals surface area contributed by atoms with Gasteiger partial charge < -0.3 is 10.6 Å². The number of carbonyl (C=O) groups excluding carboxylic acids is 1. The fourth-order valence-corrected chi connectivity index (χ4v) is 2.56. The minimum Gasteiger partial charge on any atom is -0.398 e. The maximum absolute atomic E-state index is 11.9. The predicted molar refractivity (Wildman–Crippen MR) is 70.0 cm³/mol. The number of amides is 1. The molecule has 2 heterocycles. The SMILES string of the molecule is Cc1sc(C(=O)NN2CCN(C)CC2)cc1N. The van der Waals surface area contributed by atoms with Crippen LogP contribution in [0.4, 0.5) is 5.69 Å². The van der Waals surface area contributed by atoms with Crippen molar-refractivity contribution in [3.05, 3.63) is 15.8 Å². The summed E-state index contributed by atoms with van der Waals surface area (Å²) in [5.74, 6) is -0.0562. The summed E-state index contributed by atoms with van der Waals surface area (Å²) in [5, 5.41) is 1.97. The van der Waals surface area contributed by atoms with Crippen LogP contribution in [0.5, 0.6) is 0 Å². The van der Waals surface area contributed by atoms with Gasteiger partial charge in [0.1, 0.15) is 0 Å². The minimum absolute atomic E-state index is 0.0562. The maximum Gasteiger partial charge on any atom is 0.275 e. The fourth-order valence-electron chi connectivity index (χ4n) is 1.73. The zero-order chi connectivity index (χ0) is 12.4. The smallest absolute Gasteiger partial charge is 0.275 e. The Morgan fingerprint density at radius 1 is 1.41 bits per heavy atom. The van der Waals surface area contributed by atoms with Crippen molar-refractivity contribution >= 4 is 22.9 Å². The van der Waals surface area contributed by atoms with Crippen molar-refractivity contribution in [2.24, 2.45) is 0 Å². The van der Waals surface area contributed by atoms with Crippen molar-refractivity contribution in [1.82, 2.24) is 15.3 Å². The van der Waals surface area contributed by atoms with Crippen LogP contribution in [-0.4, -0.2) is 49.0 Å². The molecule has 0 radical (unpaired) electrons. The third-order valence-electron chi connectivity index (χ3n) is 2.94. The lowest BCUT2D eigenvalue weighted by Crippen LogP contribution is -2.52. The van der Waals surface area contributed by atoms with Crippen LogP contribution >= 0.6 is 11.3 Å². The number of rotatable bonds is 2. The van der Waals surface area contributed by atoms with Crippen LogP contribution in [0.1, 0.15) is 14.5 Å². The molecular formula is C11H18N4OS. The van der Waals surface area contributed by atoms with Crippen molar-refractivity contribution in [2.45, 2.75) is 6.92 Å². The van der Waals surface area contributed by atoms with E-state index >= 15 is 0 Å². The van der Waals surface area contributed by atoms with Crippen LogP contribution in [0.2, 0.25) is 0 Å². The van der Waals surface area contributed by atoms with Gasteiger partial charge in [0.15, 0.2) is 0 Å². The van der Waals surface area contributed by atoms with Gasteiger partial charge in [0.25, 0.3) is 5.91 Å². The number of hydrogen-bond acceptors (Lipinski definition) is 5. The van der Waals surface area contributed by atoms with E-state index in [2.05, 4.69) is 17.4 Å². The highest BCUT2D eigenvalue weighted by Gasteiger charge is 2.17. The number of carbonyl (C=O) groups is 1. The minimum atomic E-state index is -0.0562. The van der Waals surface area contributed by atoms with E-state index < -0.39 is 0 Å². The molecule has 2 rings (SSSR count). The van der Waals surface area contributed by atoms with E-state index in [-0.39, 0.29) is 5.91 Å². The summed E-state index contributed by atoms with van der Waals surface area (Å²) in [7, 11) is 2.09. The third-order valence-corrected chi connectivity index (χ3v) is 4.01. The van der Waals surface area contributed by atoms with E-state index in [1.54, 1.807) is 6.07 Å². The van der Waals surface area contributed by atoms with E-state index in [1.807, 2.05) is 11.9 Å². The average Bonchev–Trinajstić information content (AvgIpc) is 2.63. The second kappa shape index (κ2) is 5.03. The molecule has 3 N–H and O–H groups in total. The molecule has 94 valence electrons. The molecule has 0 bridgehead atoms. The van der Waals surface area contributed by atoms with Gasteiger partial charge in [-0.05, 0) is 20.0 Å². The molecule has 1 saturated heterocycles. The van der Waals surface area contributed by atoms with Crippen LogP contribution in [0, 0.1) is 6.92 Å². The average molecular weight is 254 g/mol. The third kappa shape index (κ3) is 2.96. The van der Waals surface area contributed by atoms with Gasteiger partial charge in [-0.15, -0.1) is 11.3 Å². The molecule has 0 atom stereocenters. The van der Waals surface area contributed by atoms with Crippen molar-refractivity contribution < 1.29 is 4.79 Å². The first-order chi connectivity index (χ1) is 8.06. The first-order valence-electron chi connectivity index (χ1n) is 5.66. The Morgan fingerprint density at radius 2 is 2.06 bits per heavy atom. The summed E-state index contributed by atoms with van der Waals surface area (Å²) in [4.78, 5) is 15.9. The monoisotopic (exact) mass is 254 g/mol. The summed E-state index contributed by atoms with van der Waals surface area (Å²) < 4.78 is 0. The standard InChI is InChI=1S/C11H18N4OS/c1-8-9(12)7-10(17-8)11(16)13-15-5-3-14(2)4-6-15/h7H,3-6,12H2,1-2H3,(H,13,16). The zero-order valence-corrected chi connectivity index (χ0v) is 11.0. The lowest BCUT2D eigenvalue weighted by molar-refractivity contribution is 0.0666. The number of nitrogens with one attached hydrogen (secondary N) is 1. The topological polar surface area (TPSA) is 61.6 Å². The summed E-state index contributed by atoms with van der Waals surface area (Å²) in [6, 6.07) is 1.74. The molecule has 1 aliphatic heterocycles. The molecule has 5 nitrogen and oxygen atoms in total. The highest BCUT2D eigenvalue weighted by Crippen LogP contribution is 2.23. The molecule has 0 saturated carbocycles. The van der Waals surface area contributed by atoms with E-state index in [0.717, 1.165) is 31.1 Å². The largest absolute Gasteiger partial charge is 0.398 e. The van der Waals surface area contributed by atoms with E-state index in [9.17, 15) is 4.79 Å². The Bertz CT molecular complexity index is 390. The molecule has 0 aromatic carbocycles. The molecule has 1 aromatic rings. The van der Waals surface area contributed by atoms with Gasteiger partial charge in [0, 0.05) is 36.7 Å². The van der Waals surface area contributed by atoms with Crippen LogP contribution < -0.4 is 11.2 Å². The Kier molecular flexibility index (Phi) is 3.66. The number of hydrazine groups is 1. The summed E-state index contributed by atoms with van der Waals surface area (Å²) in [6.45, 7) is 5.61. The van der Waals surface area contributed by atoms with Crippen molar-refractivity contribution in [3.8, 4) is 0 Å². The van der Waals surface area contributed by atoms with E-state index in [0.29, 0.717) is 10.6 Å². The van der Waals surface area contributed by atoms with Gasteiger partial charge in [0.2, 0.25) is 0 Å². The van der Waals surface area contributed by atoms with E-state index in [1.165, 1.54) is 11.3 Å². The number of thiophene rings is 1. The summed E-state index contributed by atoms with van der Waals surface area (Å²) in [5.41, 5.74) is 9.35. The quantitative estimate of drug-likeness (QED) is 0.808. The highest BCUT2D eigenvalue weighted by atomic mass is 32.1. The van der Waals surface area contributed by atoms with Crippen molar-refractivity contribution in [2.75, 3.05) is 39.0 Å². The molecular weight excluding hydrogens is 236 g/mol. The number of nitrogens with two attached hydrogens (primary N) is 1. The first kappa shape index (κ1) is 12.3. The van der Waals surface area contributed by atoms with Gasteiger partial charge in [-0.3, -0.25) is 10.2 Å². The van der Waals surface area contributed by atoms with Gasteiger partial charge in [0.05, 0.1) is 4.88 Å². The number of nitrogen functional groups attached to an aromatic ring is 1.